The zero-order valence-corrected chi connectivity index (χ0v) is 10.8. The van der Waals surface area contributed by atoms with Crippen LogP contribution in [-0.2, 0) is 4.74 Å². The Morgan fingerprint density at radius 2 is 1.88 bits per heavy atom. The van der Waals surface area contributed by atoms with E-state index < -0.39 is 5.60 Å². The van der Waals surface area contributed by atoms with E-state index in [9.17, 15) is 9.90 Å². The predicted octanol–water partition coefficient (Wildman–Crippen LogP) is 0.844. The van der Waals surface area contributed by atoms with E-state index >= 15 is 0 Å². The van der Waals surface area contributed by atoms with Crippen LogP contribution < -0.4 is 0 Å². The highest BCUT2D eigenvalue weighted by Gasteiger charge is 2.32. The van der Waals surface area contributed by atoms with Gasteiger partial charge in [0.15, 0.2) is 0 Å². The molecule has 0 bridgehead atoms. The molecule has 17 heavy (non-hydrogen) atoms. The maximum Gasteiger partial charge on any atom is 0.410 e. The lowest BCUT2D eigenvalue weighted by Gasteiger charge is -2.37. The molecule has 1 amide bonds. The Balaban J connectivity index is 2.54. The van der Waals surface area contributed by atoms with Gasteiger partial charge in [0.05, 0.1) is 0 Å². The van der Waals surface area contributed by atoms with Gasteiger partial charge in [-0.15, -0.1) is 0 Å². The van der Waals surface area contributed by atoms with Crippen molar-refractivity contribution in [1.82, 2.24) is 4.90 Å². The van der Waals surface area contributed by atoms with Crippen LogP contribution in [0, 0.1) is 11.8 Å². The third kappa shape index (κ3) is 4.16. The average molecular weight is 245 g/mol. The lowest BCUT2D eigenvalue weighted by molar-refractivity contribution is -0.00309. The van der Waals surface area contributed by atoms with E-state index in [1.54, 1.807) is 4.90 Å². The first-order valence-corrected chi connectivity index (χ1v) is 6.07. The van der Waals surface area contributed by atoms with Gasteiger partial charge in [0.2, 0.25) is 0 Å². The molecule has 0 spiro atoms. The molecule has 1 rings (SSSR count). The molecule has 0 aromatic heterocycles. The molecular weight excluding hydrogens is 222 g/mol. The zero-order chi connectivity index (χ0) is 13.1. The summed E-state index contributed by atoms with van der Waals surface area (Å²) in [5.74, 6) is 0.0277. The Morgan fingerprint density at radius 1 is 1.29 bits per heavy atom. The molecule has 2 atom stereocenters. The summed E-state index contributed by atoms with van der Waals surface area (Å²) in [4.78, 5) is 13.4. The minimum Gasteiger partial charge on any atom is -0.444 e. The highest BCUT2D eigenvalue weighted by atomic mass is 16.6. The van der Waals surface area contributed by atoms with Crippen LogP contribution >= 0.6 is 0 Å². The SMILES string of the molecule is CC(C)(C)OC(=O)N1CCC(CO)C(CO)C1. The molecule has 1 aliphatic rings. The molecule has 5 nitrogen and oxygen atoms in total. The predicted molar refractivity (Wildman–Crippen MR) is 63.6 cm³/mol. The molecule has 0 aliphatic carbocycles. The van der Waals surface area contributed by atoms with Crippen molar-refractivity contribution in [3.05, 3.63) is 0 Å². The zero-order valence-electron chi connectivity index (χ0n) is 10.8. The fourth-order valence-electron chi connectivity index (χ4n) is 2.02. The van der Waals surface area contributed by atoms with Crippen molar-refractivity contribution >= 4 is 6.09 Å². The molecule has 1 fully saturated rings. The number of ether oxygens (including phenoxy) is 1. The first-order valence-electron chi connectivity index (χ1n) is 6.07. The lowest BCUT2D eigenvalue weighted by Crippen LogP contribution is -2.47. The maximum atomic E-state index is 11.8. The van der Waals surface area contributed by atoms with Crippen molar-refractivity contribution in [2.75, 3.05) is 26.3 Å². The van der Waals surface area contributed by atoms with E-state index in [1.807, 2.05) is 20.8 Å². The fourth-order valence-corrected chi connectivity index (χ4v) is 2.02. The van der Waals surface area contributed by atoms with E-state index in [4.69, 9.17) is 9.84 Å². The van der Waals surface area contributed by atoms with E-state index in [0.29, 0.717) is 19.5 Å². The van der Waals surface area contributed by atoms with Crippen molar-refractivity contribution in [2.24, 2.45) is 11.8 Å². The maximum absolute atomic E-state index is 11.8. The normalized spacial score (nSPS) is 25.8. The molecule has 1 heterocycles. The van der Waals surface area contributed by atoms with E-state index in [2.05, 4.69) is 0 Å². The van der Waals surface area contributed by atoms with E-state index in [-0.39, 0.29) is 31.1 Å². The van der Waals surface area contributed by atoms with Crippen LogP contribution in [0.3, 0.4) is 0 Å². The molecule has 1 saturated heterocycles. The van der Waals surface area contributed by atoms with Gasteiger partial charge in [0.1, 0.15) is 5.60 Å². The summed E-state index contributed by atoms with van der Waals surface area (Å²) in [6, 6.07) is 0. The molecule has 0 aromatic carbocycles. The summed E-state index contributed by atoms with van der Waals surface area (Å²) in [5.41, 5.74) is -0.500. The van der Waals surface area contributed by atoms with Gasteiger partial charge in [0, 0.05) is 32.2 Å². The number of rotatable bonds is 2. The molecule has 100 valence electrons. The van der Waals surface area contributed by atoms with Crippen LogP contribution in [0.15, 0.2) is 0 Å². The highest BCUT2D eigenvalue weighted by molar-refractivity contribution is 5.68. The molecule has 2 N–H and O–H groups in total. The summed E-state index contributed by atoms with van der Waals surface area (Å²) in [6.45, 7) is 6.57. The van der Waals surface area contributed by atoms with Crippen LogP contribution in [0.5, 0.6) is 0 Å². The lowest BCUT2D eigenvalue weighted by atomic mass is 9.87. The van der Waals surface area contributed by atoms with Crippen LogP contribution in [-0.4, -0.2) is 53.1 Å². The van der Waals surface area contributed by atoms with Gasteiger partial charge in [-0.1, -0.05) is 0 Å². The third-order valence-electron chi connectivity index (χ3n) is 3.01. The number of carbonyl (C=O) groups excluding carboxylic acids is 1. The number of hydrogen-bond acceptors (Lipinski definition) is 4. The van der Waals surface area contributed by atoms with Crippen molar-refractivity contribution in [3.63, 3.8) is 0 Å². The van der Waals surface area contributed by atoms with Crippen molar-refractivity contribution < 1.29 is 19.7 Å². The molecule has 1 aliphatic heterocycles. The van der Waals surface area contributed by atoms with Gasteiger partial charge in [-0.2, -0.15) is 0 Å². The minimum absolute atomic E-state index is 0.00940. The smallest absolute Gasteiger partial charge is 0.410 e. The highest BCUT2D eigenvalue weighted by Crippen LogP contribution is 2.24. The van der Waals surface area contributed by atoms with Gasteiger partial charge in [-0.3, -0.25) is 0 Å². The van der Waals surface area contributed by atoms with Crippen molar-refractivity contribution in [2.45, 2.75) is 32.8 Å². The van der Waals surface area contributed by atoms with E-state index in [1.165, 1.54) is 0 Å². The van der Waals surface area contributed by atoms with Gasteiger partial charge >= 0.3 is 6.09 Å². The van der Waals surface area contributed by atoms with Crippen molar-refractivity contribution in [3.8, 4) is 0 Å². The molecule has 5 heteroatoms. The molecular formula is C12H23NO4. The number of hydrogen-bond donors (Lipinski definition) is 2. The first kappa shape index (κ1) is 14.3. The Morgan fingerprint density at radius 3 is 2.35 bits per heavy atom. The van der Waals surface area contributed by atoms with Crippen LogP contribution in [0.25, 0.3) is 0 Å². The van der Waals surface area contributed by atoms with Crippen molar-refractivity contribution in [1.29, 1.82) is 0 Å². The Bertz CT molecular complexity index is 262. The monoisotopic (exact) mass is 245 g/mol. The Hall–Kier alpha value is -0.810. The van der Waals surface area contributed by atoms with Crippen LogP contribution in [0.2, 0.25) is 0 Å². The number of carbonyl (C=O) groups is 1. The second kappa shape index (κ2) is 5.69. The molecule has 0 radical (unpaired) electrons. The quantitative estimate of drug-likeness (QED) is 0.756. The first-order chi connectivity index (χ1) is 7.87. The number of aliphatic hydroxyl groups is 2. The molecule has 2 unspecified atom stereocenters. The number of likely N-dealkylation sites (tertiary alicyclic amines) is 1. The standard InChI is InChI=1S/C12H23NO4/c1-12(2,3)17-11(16)13-5-4-9(7-14)10(6-13)8-15/h9-10,14-15H,4-8H2,1-3H3. The van der Waals surface area contributed by atoms with Gasteiger partial charge in [-0.05, 0) is 33.1 Å². The fraction of sp³-hybridized carbons (Fsp3) is 0.917. The average Bonchev–Trinajstić information content (AvgIpc) is 2.25. The minimum atomic E-state index is -0.500. The molecule has 0 aromatic rings. The summed E-state index contributed by atoms with van der Waals surface area (Å²) in [6.07, 6.45) is 0.369. The van der Waals surface area contributed by atoms with Crippen LogP contribution in [0.1, 0.15) is 27.2 Å². The summed E-state index contributed by atoms with van der Waals surface area (Å²) in [7, 11) is 0. The van der Waals surface area contributed by atoms with Gasteiger partial charge < -0.3 is 19.8 Å². The summed E-state index contributed by atoms with van der Waals surface area (Å²) < 4.78 is 5.28. The number of piperidine rings is 1. The Labute approximate surface area is 102 Å². The third-order valence-corrected chi connectivity index (χ3v) is 3.01. The molecule has 0 saturated carbocycles. The van der Waals surface area contributed by atoms with Crippen LogP contribution in [0.4, 0.5) is 4.79 Å². The summed E-state index contributed by atoms with van der Waals surface area (Å²) >= 11 is 0. The van der Waals surface area contributed by atoms with E-state index in [0.717, 1.165) is 0 Å². The van der Waals surface area contributed by atoms with Gasteiger partial charge in [0.25, 0.3) is 0 Å². The Kier molecular flexibility index (Phi) is 4.77. The number of nitrogens with zero attached hydrogens (tertiary/aromatic N) is 1. The number of amides is 1. The second-order valence-electron chi connectivity index (χ2n) is 5.60. The summed E-state index contributed by atoms with van der Waals surface area (Å²) in [5, 5.41) is 18.4. The topological polar surface area (TPSA) is 70.0 Å². The van der Waals surface area contributed by atoms with Gasteiger partial charge in [-0.25, -0.2) is 4.79 Å². The number of aliphatic hydroxyl groups excluding tert-OH is 2. The largest absolute Gasteiger partial charge is 0.444 e. The second-order valence-corrected chi connectivity index (χ2v) is 5.60.